The summed E-state index contributed by atoms with van der Waals surface area (Å²) in [7, 11) is 0. The molecule has 2 aromatic carbocycles. The normalized spacial score (nSPS) is 15.2. The van der Waals surface area contributed by atoms with Gasteiger partial charge in [0.2, 0.25) is 0 Å². The average Bonchev–Trinajstić information content (AvgIpc) is 2.63. The Kier molecular flexibility index (Phi) is 6.10. The molecule has 0 N–H and O–H groups in total. The number of morpholine rings is 1. The second-order valence-electron chi connectivity index (χ2n) is 5.97. The molecule has 0 radical (unpaired) electrons. The molecular weight excluding hydrogens is 302 g/mol. The highest BCUT2D eigenvalue weighted by atomic mass is 16.5. The van der Waals surface area contributed by atoms with E-state index in [2.05, 4.69) is 4.90 Å². The minimum absolute atomic E-state index is 0.686. The van der Waals surface area contributed by atoms with E-state index in [1.165, 1.54) is 0 Å². The molecule has 0 spiro atoms. The second-order valence-corrected chi connectivity index (χ2v) is 5.97. The van der Waals surface area contributed by atoms with Crippen molar-refractivity contribution in [1.29, 1.82) is 0 Å². The van der Waals surface area contributed by atoms with Crippen LogP contribution in [0.4, 0.5) is 0 Å². The molecule has 0 bridgehead atoms. The summed E-state index contributed by atoms with van der Waals surface area (Å²) >= 11 is 0. The predicted molar refractivity (Wildman–Crippen MR) is 95.1 cm³/mol. The predicted octanol–water partition coefficient (Wildman–Crippen LogP) is 3.89. The van der Waals surface area contributed by atoms with Crippen molar-refractivity contribution in [3.8, 4) is 17.2 Å². The van der Waals surface area contributed by atoms with E-state index < -0.39 is 0 Å². The highest BCUT2D eigenvalue weighted by molar-refractivity contribution is 5.44. The Hall–Kier alpha value is -2.04. The van der Waals surface area contributed by atoms with Gasteiger partial charge in [0.25, 0.3) is 0 Å². The summed E-state index contributed by atoms with van der Waals surface area (Å²) in [6, 6.07) is 15.9. The van der Waals surface area contributed by atoms with Crippen LogP contribution in [0.5, 0.6) is 17.2 Å². The summed E-state index contributed by atoms with van der Waals surface area (Å²) in [4.78, 5) is 2.42. The Balaban J connectivity index is 1.53. The molecule has 4 nitrogen and oxygen atoms in total. The molecule has 1 heterocycles. The maximum Gasteiger partial charge on any atom is 0.169 e. The maximum atomic E-state index is 6.04. The summed E-state index contributed by atoms with van der Waals surface area (Å²) in [5.74, 6) is 2.42. The lowest BCUT2D eigenvalue weighted by Crippen LogP contribution is -2.37. The second kappa shape index (κ2) is 8.71. The van der Waals surface area contributed by atoms with Gasteiger partial charge in [0, 0.05) is 19.6 Å². The lowest BCUT2D eigenvalue weighted by Gasteiger charge is -2.26. The zero-order valence-corrected chi connectivity index (χ0v) is 14.2. The molecule has 2 aromatic rings. The Morgan fingerprint density at radius 3 is 2.33 bits per heavy atom. The molecule has 1 fully saturated rings. The molecule has 24 heavy (non-hydrogen) atoms. The third-order valence-corrected chi connectivity index (χ3v) is 4.14. The molecule has 0 unspecified atom stereocenters. The van der Waals surface area contributed by atoms with Crippen LogP contribution in [0.2, 0.25) is 0 Å². The van der Waals surface area contributed by atoms with Crippen molar-refractivity contribution in [2.75, 3.05) is 39.5 Å². The maximum absolute atomic E-state index is 6.04. The smallest absolute Gasteiger partial charge is 0.169 e. The Bertz CT molecular complexity index is 638. The number of rotatable bonds is 7. The Morgan fingerprint density at radius 1 is 0.917 bits per heavy atom. The molecule has 1 aliphatic heterocycles. The first-order chi connectivity index (χ1) is 11.8. The molecule has 0 aliphatic carbocycles. The highest BCUT2D eigenvalue weighted by Crippen LogP contribution is 2.32. The van der Waals surface area contributed by atoms with Crippen LogP contribution in [0.15, 0.2) is 48.5 Å². The topological polar surface area (TPSA) is 30.9 Å². The van der Waals surface area contributed by atoms with Crippen LogP contribution in [0.3, 0.4) is 0 Å². The summed E-state index contributed by atoms with van der Waals surface area (Å²) < 4.78 is 17.4. The number of benzene rings is 2. The van der Waals surface area contributed by atoms with Gasteiger partial charge in [-0.2, -0.15) is 0 Å². The van der Waals surface area contributed by atoms with Gasteiger partial charge in [0.15, 0.2) is 11.5 Å². The van der Waals surface area contributed by atoms with Gasteiger partial charge in [0.05, 0.1) is 19.8 Å². The van der Waals surface area contributed by atoms with Crippen molar-refractivity contribution in [2.24, 2.45) is 0 Å². The van der Waals surface area contributed by atoms with E-state index in [-0.39, 0.29) is 0 Å². The van der Waals surface area contributed by atoms with Crippen LogP contribution >= 0.6 is 0 Å². The molecule has 4 heteroatoms. The monoisotopic (exact) mass is 327 g/mol. The van der Waals surface area contributed by atoms with E-state index in [1.54, 1.807) is 0 Å². The van der Waals surface area contributed by atoms with Gasteiger partial charge in [-0.15, -0.1) is 0 Å². The molecule has 0 aromatic heterocycles. The zero-order chi connectivity index (χ0) is 16.6. The van der Waals surface area contributed by atoms with E-state index in [1.807, 2.05) is 55.5 Å². The molecule has 128 valence electrons. The average molecular weight is 327 g/mol. The number of nitrogens with zero attached hydrogens (tertiary/aromatic N) is 1. The van der Waals surface area contributed by atoms with Gasteiger partial charge in [-0.25, -0.2) is 0 Å². The van der Waals surface area contributed by atoms with E-state index in [0.29, 0.717) is 6.61 Å². The molecule has 3 rings (SSSR count). The van der Waals surface area contributed by atoms with Crippen molar-refractivity contribution in [3.63, 3.8) is 0 Å². The highest BCUT2D eigenvalue weighted by Gasteiger charge is 2.10. The van der Waals surface area contributed by atoms with Crippen LogP contribution in [0.25, 0.3) is 0 Å². The van der Waals surface area contributed by atoms with Crippen molar-refractivity contribution < 1.29 is 14.2 Å². The van der Waals surface area contributed by atoms with Crippen LogP contribution < -0.4 is 9.47 Å². The van der Waals surface area contributed by atoms with Gasteiger partial charge in [-0.1, -0.05) is 30.3 Å². The first kappa shape index (κ1) is 16.8. The number of hydrogen-bond donors (Lipinski definition) is 0. The van der Waals surface area contributed by atoms with E-state index in [4.69, 9.17) is 14.2 Å². The molecule has 1 saturated heterocycles. The van der Waals surface area contributed by atoms with Gasteiger partial charge in [0.1, 0.15) is 5.75 Å². The minimum atomic E-state index is 0.686. The van der Waals surface area contributed by atoms with Gasteiger partial charge >= 0.3 is 0 Å². The molecular formula is C20H25NO3. The molecule has 1 aliphatic rings. The van der Waals surface area contributed by atoms with E-state index in [9.17, 15) is 0 Å². The summed E-state index contributed by atoms with van der Waals surface area (Å²) in [6.45, 7) is 7.50. The fraction of sp³-hybridized carbons (Fsp3) is 0.400. The van der Waals surface area contributed by atoms with Crippen LogP contribution in [-0.4, -0.2) is 44.4 Å². The van der Waals surface area contributed by atoms with Gasteiger partial charge < -0.3 is 14.2 Å². The van der Waals surface area contributed by atoms with Crippen LogP contribution in [0.1, 0.15) is 12.0 Å². The quantitative estimate of drug-likeness (QED) is 0.722. The third-order valence-electron chi connectivity index (χ3n) is 4.14. The third kappa shape index (κ3) is 4.73. The lowest BCUT2D eigenvalue weighted by molar-refractivity contribution is 0.0357. The van der Waals surface area contributed by atoms with Crippen LogP contribution in [-0.2, 0) is 4.74 Å². The Morgan fingerprint density at radius 2 is 1.58 bits per heavy atom. The lowest BCUT2D eigenvalue weighted by atomic mass is 10.2. The van der Waals surface area contributed by atoms with Gasteiger partial charge in [-0.3, -0.25) is 4.90 Å². The number of hydrogen-bond acceptors (Lipinski definition) is 4. The van der Waals surface area contributed by atoms with Crippen molar-refractivity contribution in [1.82, 2.24) is 4.90 Å². The molecule has 0 atom stereocenters. The summed E-state index contributed by atoms with van der Waals surface area (Å²) in [6.07, 6.45) is 0.999. The summed E-state index contributed by atoms with van der Waals surface area (Å²) in [5, 5.41) is 0. The summed E-state index contributed by atoms with van der Waals surface area (Å²) in [5.41, 5.74) is 1.11. The first-order valence-electron chi connectivity index (χ1n) is 8.58. The van der Waals surface area contributed by atoms with Gasteiger partial charge in [-0.05, 0) is 37.1 Å². The SMILES string of the molecule is Cc1ccccc1Oc1ccccc1OCCCN1CCOCC1. The first-order valence-corrected chi connectivity index (χ1v) is 8.58. The fourth-order valence-electron chi connectivity index (χ4n) is 2.74. The van der Waals surface area contributed by atoms with E-state index >= 15 is 0 Å². The minimum Gasteiger partial charge on any atom is -0.490 e. The molecule has 0 saturated carbocycles. The largest absolute Gasteiger partial charge is 0.490 e. The standard InChI is InChI=1S/C20H25NO3/c1-17-7-2-3-8-18(17)24-20-10-5-4-9-19(20)23-14-6-11-21-12-15-22-16-13-21/h2-5,7-10H,6,11-16H2,1H3. The van der Waals surface area contributed by atoms with Crippen LogP contribution in [0, 0.1) is 6.92 Å². The zero-order valence-electron chi connectivity index (χ0n) is 14.2. The number of aryl methyl sites for hydroxylation is 1. The van der Waals surface area contributed by atoms with Crippen molar-refractivity contribution in [3.05, 3.63) is 54.1 Å². The number of para-hydroxylation sites is 3. The van der Waals surface area contributed by atoms with E-state index in [0.717, 1.165) is 62.1 Å². The number of ether oxygens (including phenoxy) is 3. The van der Waals surface area contributed by atoms with Crippen molar-refractivity contribution in [2.45, 2.75) is 13.3 Å². The fourth-order valence-corrected chi connectivity index (χ4v) is 2.74. The Labute approximate surface area is 144 Å². The molecule has 0 amide bonds. The van der Waals surface area contributed by atoms with Crippen molar-refractivity contribution >= 4 is 0 Å².